The molecule has 0 aromatic heterocycles. The monoisotopic (exact) mass is 224 g/mol. The number of piperidine rings is 1. The minimum atomic E-state index is 0.0683. The summed E-state index contributed by atoms with van der Waals surface area (Å²) in [4.78, 5) is 11.9. The van der Waals surface area contributed by atoms with Crippen LogP contribution in [0.3, 0.4) is 0 Å². The van der Waals surface area contributed by atoms with Gasteiger partial charge in [-0.2, -0.15) is 0 Å². The minimum absolute atomic E-state index is 0.0683. The molecule has 3 nitrogen and oxygen atoms in total. The molecule has 2 fully saturated rings. The van der Waals surface area contributed by atoms with Gasteiger partial charge in [0.25, 0.3) is 0 Å². The first kappa shape index (κ1) is 11.9. The topological polar surface area (TPSA) is 41.1 Å². The molecule has 1 saturated heterocycles. The number of hydrogen-bond donors (Lipinski definition) is 2. The van der Waals surface area contributed by atoms with Crippen molar-refractivity contribution < 1.29 is 4.79 Å². The van der Waals surface area contributed by atoms with Gasteiger partial charge in [0.05, 0.1) is 6.04 Å². The lowest BCUT2D eigenvalue weighted by atomic mass is 9.89. The van der Waals surface area contributed by atoms with Crippen molar-refractivity contribution in [2.75, 3.05) is 13.1 Å². The molecule has 0 aromatic rings. The molecule has 0 bridgehead atoms. The molecular formula is C13H24N2O. The van der Waals surface area contributed by atoms with Crippen molar-refractivity contribution in [1.82, 2.24) is 10.6 Å². The van der Waals surface area contributed by atoms with E-state index in [4.69, 9.17) is 0 Å². The zero-order valence-corrected chi connectivity index (χ0v) is 10.3. The summed E-state index contributed by atoms with van der Waals surface area (Å²) in [7, 11) is 0. The van der Waals surface area contributed by atoms with Gasteiger partial charge in [-0.15, -0.1) is 0 Å². The molecule has 1 amide bonds. The Morgan fingerprint density at radius 3 is 2.69 bits per heavy atom. The van der Waals surface area contributed by atoms with E-state index in [-0.39, 0.29) is 11.9 Å². The molecule has 1 heterocycles. The molecule has 0 aromatic carbocycles. The van der Waals surface area contributed by atoms with Crippen LogP contribution in [-0.4, -0.2) is 25.0 Å². The van der Waals surface area contributed by atoms with Crippen LogP contribution in [-0.2, 0) is 4.79 Å². The molecule has 2 N–H and O–H groups in total. The molecule has 1 aliphatic carbocycles. The molecule has 16 heavy (non-hydrogen) atoms. The van der Waals surface area contributed by atoms with Crippen LogP contribution in [0.15, 0.2) is 0 Å². The van der Waals surface area contributed by atoms with E-state index in [0.717, 1.165) is 19.5 Å². The largest absolute Gasteiger partial charge is 0.354 e. The van der Waals surface area contributed by atoms with Crippen LogP contribution in [0.1, 0.15) is 51.9 Å². The highest BCUT2D eigenvalue weighted by Crippen LogP contribution is 2.36. The van der Waals surface area contributed by atoms with Gasteiger partial charge < -0.3 is 10.6 Å². The van der Waals surface area contributed by atoms with Crippen LogP contribution in [0.2, 0.25) is 0 Å². The first-order valence-corrected chi connectivity index (χ1v) is 6.71. The molecule has 92 valence electrons. The molecule has 2 aliphatic rings. The zero-order chi connectivity index (χ0) is 11.4. The van der Waals surface area contributed by atoms with Crippen molar-refractivity contribution in [2.45, 2.75) is 57.9 Å². The van der Waals surface area contributed by atoms with Gasteiger partial charge in [-0.25, -0.2) is 0 Å². The Morgan fingerprint density at radius 1 is 1.31 bits per heavy atom. The van der Waals surface area contributed by atoms with Crippen LogP contribution in [0, 0.1) is 5.41 Å². The quantitative estimate of drug-likeness (QED) is 0.768. The summed E-state index contributed by atoms with van der Waals surface area (Å²) < 4.78 is 0. The van der Waals surface area contributed by atoms with E-state index in [9.17, 15) is 4.79 Å². The maximum atomic E-state index is 11.9. The van der Waals surface area contributed by atoms with E-state index in [2.05, 4.69) is 17.6 Å². The minimum Gasteiger partial charge on any atom is -0.354 e. The third kappa shape index (κ3) is 2.97. The van der Waals surface area contributed by atoms with Crippen molar-refractivity contribution in [1.29, 1.82) is 0 Å². The highest BCUT2D eigenvalue weighted by Gasteiger charge is 2.30. The standard InChI is InChI=1S/C13H24N2O/c1-13(7-3-4-8-13)10-15-12(16)11-6-2-5-9-14-11/h11,14H,2-10H2,1H3,(H,15,16). The second-order valence-corrected chi connectivity index (χ2v) is 5.74. The van der Waals surface area contributed by atoms with E-state index < -0.39 is 0 Å². The Balaban J connectivity index is 1.74. The van der Waals surface area contributed by atoms with Gasteiger partial charge in [0, 0.05) is 6.54 Å². The molecule has 1 saturated carbocycles. The fourth-order valence-corrected chi connectivity index (χ4v) is 2.90. The smallest absolute Gasteiger partial charge is 0.237 e. The molecule has 1 unspecified atom stereocenters. The van der Waals surface area contributed by atoms with Crippen LogP contribution in [0.5, 0.6) is 0 Å². The molecule has 2 rings (SSSR count). The number of rotatable bonds is 3. The summed E-state index contributed by atoms with van der Waals surface area (Å²) in [5, 5.41) is 6.43. The number of carbonyl (C=O) groups is 1. The van der Waals surface area contributed by atoms with E-state index >= 15 is 0 Å². The zero-order valence-electron chi connectivity index (χ0n) is 10.3. The molecule has 0 radical (unpaired) electrons. The van der Waals surface area contributed by atoms with Gasteiger partial charge in [-0.1, -0.05) is 26.2 Å². The fraction of sp³-hybridized carbons (Fsp3) is 0.923. The Hall–Kier alpha value is -0.570. The van der Waals surface area contributed by atoms with Crippen molar-refractivity contribution in [3.63, 3.8) is 0 Å². The van der Waals surface area contributed by atoms with E-state index in [1.54, 1.807) is 0 Å². The maximum absolute atomic E-state index is 11.9. The van der Waals surface area contributed by atoms with Crippen LogP contribution in [0.25, 0.3) is 0 Å². The Morgan fingerprint density at radius 2 is 2.06 bits per heavy atom. The normalized spacial score (nSPS) is 28.9. The van der Waals surface area contributed by atoms with E-state index in [0.29, 0.717) is 5.41 Å². The summed E-state index contributed by atoms with van der Waals surface area (Å²) in [5.41, 5.74) is 0.365. The van der Waals surface area contributed by atoms with Crippen LogP contribution in [0.4, 0.5) is 0 Å². The summed E-state index contributed by atoms with van der Waals surface area (Å²) in [6.07, 6.45) is 8.59. The Kier molecular flexibility index (Phi) is 3.85. The first-order valence-electron chi connectivity index (χ1n) is 6.71. The Labute approximate surface area is 98.4 Å². The van der Waals surface area contributed by atoms with Gasteiger partial charge in [-0.3, -0.25) is 4.79 Å². The predicted molar refractivity (Wildman–Crippen MR) is 65.2 cm³/mol. The van der Waals surface area contributed by atoms with Gasteiger partial charge in [-0.05, 0) is 37.6 Å². The lowest BCUT2D eigenvalue weighted by Crippen LogP contribution is -2.48. The van der Waals surface area contributed by atoms with Crippen molar-refractivity contribution in [3.8, 4) is 0 Å². The number of amides is 1. The maximum Gasteiger partial charge on any atom is 0.237 e. The second-order valence-electron chi connectivity index (χ2n) is 5.74. The lowest BCUT2D eigenvalue weighted by Gasteiger charge is -2.27. The summed E-state index contributed by atoms with van der Waals surface area (Å²) in [6, 6.07) is 0.0683. The lowest BCUT2D eigenvalue weighted by molar-refractivity contribution is -0.124. The van der Waals surface area contributed by atoms with Crippen LogP contribution >= 0.6 is 0 Å². The van der Waals surface area contributed by atoms with Gasteiger partial charge in [0.1, 0.15) is 0 Å². The number of nitrogens with one attached hydrogen (secondary N) is 2. The molecular weight excluding hydrogens is 200 g/mol. The summed E-state index contributed by atoms with van der Waals surface area (Å²) in [6.45, 7) is 4.16. The summed E-state index contributed by atoms with van der Waals surface area (Å²) in [5.74, 6) is 0.216. The summed E-state index contributed by atoms with van der Waals surface area (Å²) >= 11 is 0. The van der Waals surface area contributed by atoms with Crippen molar-refractivity contribution in [2.24, 2.45) is 5.41 Å². The van der Waals surface area contributed by atoms with Gasteiger partial charge in [0.15, 0.2) is 0 Å². The van der Waals surface area contributed by atoms with Gasteiger partial charge >= 0.3 is 0 Å². The molecule has 3 heteroatoms. The van der Waals surface area contributed by atoms with Gasteiger partial charge in [0.2, 0.25) is 5.91 Å². The van der Waals surface area contributed by atoms with E-state index in [1.807, 2.05) is 0 Å². The average Bonchev–Trinajstić information content (AvgIpc) is 2.75. The third-order valence-corrected chi connectivity index (χ3v) is 4.13. The number of carbonyl (C=O) groups excluding carboxylic acids is 1. The fourth-order valence-electron chi connectivity index (χ4n) is 2.90. The number of hydrogen-bond acceptors (Lipinski definition) is 2. The Bertz CT molecular complexity index is 240. The molecule has 1 atom stereocenters. The average molecular weight is 224 g/mol. The molecule has 1 aliphatic heterocycles. The highest BCUT2D eigenvalue weighted by molar-refractivity contribution is 5.81. The SMILES string of the molecule is CC1(CNC(=O)C2CCCCN2)CCCC1. The first-order chi connectivity index (χ1) is 7.70. The van der Waals surface area contributed by atoms with Crippen LogP contribution < -0.4 is 10.6 Å². The second kappa shape index (κ2) is 5.17. The highest BCUT2D eigenvalue weighted by atomic mass is 16.2. The van der Waals surface area contributed by atoms with Crippen molar-refractivity contribution >= 4 is 5.91 Å². The molecule has 0 spiro atoms. The van der Waals surface area contributed by atoms with Crippen molar-refractivity contribution in [3.05, 3.63) is 0 Å². The third-order valence-electron chi connectivity index (χ3n) is 4.13. The van der Waals surface area contributed by atoms with E-state index in [1.165, 1.54) is 38.5 Å². The predicted octanol–water partition coefficient (Wildman–Crippen LogP) is 1.82.